The van der Waals surface area contributed by atoms with Crippen LogP contribution in [-0.2, 0) is 22.3 Å². The van der Waals surface area contributed by atoms with E-state index in [4.69, 9.17) is 4.74 Å². The van der Waals surface area contributed by atoms with Crippen molar-refractivity contribution < 1.29 is 27.1 Å². The van der Waals surface area contributed by atoms with Gasteiger partial charge < -0.3 is 9.64 Å². The zero-order valence-electron chi connectivity index (χ0n) is 20.0. The monoisotopic (exact) mass is 499 g/mol. The highest BCUT2D eigenvalue weighted by molar-refractivity contribution is 5.76. The molecular formula is C29H29F4NO2. The van der Waals surface area contributed by atoms with Gasteiger partial charge >= 0.3 is 6.18 Å². The number of halogens is 4. The van der Waals surface area contributed by atoms with Crippen LogP contribution in [0.2, 0.25) is 0 Å². The minimum Gasteiger partial charge on any atom is -0.373 e. The minimum atomic E-state index is -4.64. The number of piperidine rings is 1. The molecule has 0 spiro atoms. The third-order valence-electron chi connectivity index (χ3n) is 6.74. The van der Waals surface area contributed by atoms with Crippen LogP contribution in [0.5, 0.6) is 0 Å². The maximum Gasteiger partial charge on any atom is 0.416 e. The van der Waals surface area contributed by atoms with Gasteiger partial charge in [-0.15, -0.1) is 0 Å². The SMILES string of the molecule is CCC(=O)N1CCC(OCc2cc(F)cc(C(F)(F)F)c2)C(C(c2ccccc2)c2ccccc2)C1. The summed E-state index contributed by atoms with van der Waals surface area (Å²) in [7, 11) is 0. The Morgan fingerprint density at radius 2 is 1.61 bits per heavy atom. The molecule has 2 unspecified atom stereocenters. The predicted molar refractivity (Wildman–Crippen MR) is 130 cm³/mol. The number of alkyl halides is 3. The zero-order chi connectivity index (χ0) is 25.7. The van der Waals surface area contributed by atoms with E-state index in [-0.39, 0.29) is 36.0 Å². The van der Waals surface area contributed by atoms with Crippen LogP contribution in [0.3, 0.4) is 0 Å². The molecule has 3 aromatic rings. The topological polar surface area (TPSA) is 29.5 Å². The molecule has 7 heteroatoms. The maximum absolute atomic E-state index is 14.0. The van der Waals surface area contributed by atoms with Crippen LogP contribution in [0.1, 0.15) is 47.9 Å². The lowest BCUT2D eigenvalue weighted by Crippen LogP contribution is -2.48. The Kier molecular flexibility index (Phi) is 8.09. The van der Waals surface area contributed by atoms with E-state index in [1.807, 2.05) is 72.5 Å². The fraction of sp³-hybridized carbons (Fsp3) is 0.345. The number of carbonyl (C=O) groups is 1. The highest BCUT2D eigenvalue weighted by Crippen LogP contribution is 2.39. The van der Waals surface area contributed by atoms with Gasteiger partial charge in [-0.25, -0.2) is 4.39 Å². The van der Waals surface area contributed by atoms with Crippen molar-refractivity contribution in [1.29, 1.82) is 0 Å². The van der Waals surface area contributed by atoms with E-state index in [2.05, 4.69) is 0 Å². The standard InChI is InChI=1S/C29H29F4NO2/c1-2-27(35)34-14-13-26(36-19-20-15-23(29(31,32)33)17-24(30)16-20)25(18-34)28(21-9-5-3-6-10-21)22-11-7-4-8-12-22/h3-12,15-17,25-26,28H,2,13-14,18-19H2,1H3. The number of rotatable bonds is 7. The Labute approximate surface area is 208 Å². The molecule has 2 atom stereocenters. The van der Waals surface area contributed by atoms with Crippen molar-refractivity contribution >= 4 is 5.91 Å². The van der Waals surface area contributed by atoms with Crippen LogP contribution >= 0.6 is 0 Å². The molecule has 1 aliphatic heterocycles. The zero-order valence-corrected chi connectivity index (χ0v) is 20.0. The normalized spacial score (nSPS) is 18.4. The number of nitrogens with zero attached hydrogens (tertiary/aromatic N) is 1. The van der Waals surface area contributed by atoms with Crippen molar-refractivity contribution in [3.8, 4) is 0 Å². The highest BCUT2D eigenvalue weighted by atomic mass is 19.4. The average Bonchev–Trinajstić information content (AvgIpc) is 2.88. The molecular weight excluding hydrogens is 470 g/mol. The number of amides is 1. The smallest absolute Gasteiger partial charge is 0.373 e. The first-order valence-corrected chi connectivity index (χ1v) is 12.1. The van der Waals surface area contributed by atoms with Gasteiger partial charge in [0.2, 0.25) is 5.91 Å². The van der Waals surface area contributed by atoms with Gasteiger partial charge in [-0.05, 0) is 41.3 Å². The van der Waals surface area contributed by atoms with Crippen LogP contribution in [-0.4, -0.2) is 30.0 Å². The quantitative estimate of drug-likeness (QED) is 0.334. The summed E-state index contributed by atoms with van der Waals surface area (Å²) >= 11 is 0. The van der Waals surface area contributed by atoms with Crippen LogP contribution in [0, 0.1) is 11.7 Å². The van der Waals surface area contributed by atoms with Crippen LogP contribution in [0.4, 0.5) is 17.6 Å². The minimum absolute atomic E-state index is 0.0540. The second kappa shape index (κ2) is 11.2. The van der Waals surface area contributed by atoms with E-state index >= 15 is 0 Å². The fourth-order valence-electron chi connectivity index (χ4n) is 5.05. The number of hydrogen-bond donors (Lipinski definition) is 0. The second-order valence-electron chi connectivity index (χ2n) is 9.14. The van der Waals surface area contributed by atoms with E-state index in [0.29, 0.717) is 32.0 Å². The molecule has 1 amide bonds. The summed E-state index contributed by atoms with van der Waals surface area (Å²) in [6, 6.07) is 22.4. The fourth-order valence-corrected chi connectivity index (χ4v) is 5.05. The highest BCUT2D eigenvalue weighted by Gasteiger charge is 2.38. The molecule has 4 rings (SSSR count). The van der Waals surface area contributed by atoms with Crippen molar-refractivity contribution in [2.45, 2.75) is 44.6 Å². The van der Waals surface area contributed by atoms with Gasteiger partial charge in [-0.1, -0.05) is 67.6 Å². The first-order valence-electron chi connectivity index (χ1n) is 12.1. The number of hydrogen-bond acceptors (Lipinski definition) is 2. The van der Waals surface area contributed by atoms with Crippen molar-refractivity contribution in [3.63, 3.8) is 0 Å². The van der Waals surface area contributed by atoms with E-state index in [9.17, 15) is 22.4 Å². The summed E-state index contributed by atoms with van der Waals surface area (Å²) in [5.74, 6) is -1.13. The lowest BCUT2D eigenvalue weighted by Gasteiger charge is -2.42. The second-order valence-corrected chi connectivity index (χ2v) is 9.14. The molecule has 1 heterocycles. The number of carbonyl (C=O) groups excluding carboxylic acids is 1. The summed E-state index contributed by atoms with van der Waals surface area (Å²) in [4.78, 5) is 14.4. The van der Waals surface area contributed by atoms with Crippen LogP contribution in [0.15, 0.2) is 78.9 Å². The van der Waals surface area contributed by atoms with Gasteiger partial charge in [0.15, 0.2) is 0 Å². The van der Waals surface area contributed by atoms with Gasteiger partial charge in [0, 0.05) is 31.3 Å². The average molecular weight is 500 g/mol. The van der Waals surface area contributed by atoms with Crippen LogP contribution < -0.4 is 0 Å². The van der Waals surface area contributed by atoms with Gasteiger partial charge in [0.1, 0.15) is 5.82 Å². The Bertz CT molecular complexity index is 1110. The first-order chi connectivity index (χ1) is 17.3. The molecule has 190 valence electrons. The molecule has 0 saturated carbocycles. The first kappa shape index (κ1) is 25.9. The summed E-state index contributed by atoms with van der Waals surface area (Å²) in [5, 5.41) is 0. The van der Waals surface area contributed by atoms with Crippen molar-refractivity contribution in [2.24, 2.45) is 5.92 Å². The largest absolute Gasteiger partial charge is 0.416 e. The van der Waals surface area contributed by atoms with Crippen molar-refractivity contribution in [2.75, 3.05) is 13.1 Å². The van der Waals surface area contributed by atoms with Crippen molar-refractivity contribution in [1.82, 2.24) is 4.90 Å². The molecule has 1 aliphatic rings. The van der Waals surface area contributed by atoms with Crippen LogP contribution in [0.25, 0.3) is 0 Å². The van der Waals surface area contributed by atoms with Gasteiger partial charge in [-0.2, -0.15) is 13.2 Å². The number of benzene rings is 3. The molecule has 0 bridgehead atoms. The molecule has 1 saturated heterocycles. The molecule has 0 radical (unpaired) electrons. The molecule has 0 N–H and O–H groups in total. The molecule has 1 fully saturated rings. The third-order valence-corrected chi connectivity index (χ3v) is 6.74. The molecule has 0 aliphatic carbocycles. The lowest BCUT2D eigenvalue weighted by molar-refractivity contribution is -0.137. The Balaban J connectivity index is 1.66. The summed E-state index contributed by atoms with van der Waals surface area (Å²) in [6.45, 7) is 2.64. The van der Waals surface area contributed by atoms with E-state index < -0.39 is 17.6 Å². The molecule has 36 heavy (non-hydrogen) atoms. The Hall–Kier alpha value is -3.19. The van der Waals surface area contributed by atoms with Gasteiger partial charge in [-0.3, -0.25) is 4.79 Å². The van der Waals surface area contributed by atoms with Gasteiger partial charge in [0.05, 0.1) is 18.3 Å². The Morgan fingerprint density at radius 1 is 1.00 bits per heavy atom. The third kappa shape index (κ3) is 6.13. The summed E-state index contributed by atoms with van der Waals surface area (Å²) in [5.41, 5.74) is 1.23. The van der Waals surface area contributed by atoms with Gasteiger partial charge in [0.25, 0.3) is 0 Å². The predicted octanol–water partition coefficient (Wildman–Crippen LogP) is 6.82. The summed E-state index contributed by atoms with van der Waals surface area (Å²) in [6.07, 6.45) is -4.05. The van der Waals surface area contributed by atoms with Crippen molar-refractivity contribution in [3.05, 3.63) is 107 Å². The number of likely N-dealkylation sites (tertiary alicyclic amines) is 1. The Morgan fingerprint density at radius 3 is 2.17 bits per heavy atom. The van der Waals surface area contributed by atoms with E-state index in [1.54, 1.807) is 0 Å². The number of ether oxygens (including phenoxy) is 1. The molecule has 3 aromatic carbocycles. The molecule has 0 aromatic heterocycles. The van der Waals surface area contributed by atoms with E-state index in [1.165, 1.54) is 0 Å². The molecule has 3 nitrogen and oxygen atoms in total. The summed E-state index contributed by atoms with van der Waals surface area (Å²) < 4.78 is 59.7. The lowest BCUT2D eigenvalue weighted by atomic mass is 9.75. The maximum atomic E-state index is 14.0. The van der Waals surface area contributed by atoms with E-state index in [0.717, 1.165) is 23.3 Å².